The molecule has 0 saturated heterocycles. The zero-order valence-corrected chi connectivity index (χ0v) is 20.0. The first-order chi connectivity index (χ1) is 15.5. The van der Waals surface area contributed by atoms with E-state index in [9.17, 15) is 22.4 Å². The van der Waals surface area contributed by atoms with Gasteiger partial charge in [0.2, 0.25) is 21.8 Å². The highest BCUT2D eigenvalue weighted by Gasteiger charge is 2.31. The van der Waals surface area contributed by atoms with Crippen LogP contribution < -0.4 is 19.1 Å². The van der Waals surface area contributed by atoms with Gasteiger partial charge in [0, 0.05) is 25.2 Å². The summed E-state index contributed by atoms with van der Waals surface area (Å²) in [7, 11) is 0.236. The van der Waals surface area contributed by atoms with Gasteiger partial charge in [0.25, 0.3) is 0 Å². The van der Waals surface area contributed by atoms with Gasteiger partial charge in [-0.3, -0.25) is 13.9 Å². The molecule has 2 aromatic carbocycles. The number of hydrogen-bond acceptors (Lipinski definition) is 6. The second-order valence-corrected chi connectivity index (χ2v) is 9.12. The quantitative estimate of drug-likeness (QED) is 0.555. The summed E-state index contributed by atoms with van der Waals surface area (Å²) in [6.07, 6.45) is 0.947. The van der Waals surface area contributed by atoms with E-state index in [1.807, 2.05) is 0 Å². The highest BCUT2D eigenvalue weighted by atomic mass is 32.2. The first kappa shape index (κ1) is 25.9. The zero-order valence-electron chi connectivity index (χ0n) is 19.2. The van der Waals surface area contributed by atoms with Crippen LogP contribution in [0.1, 0.15) is 12.5 Å². The number of amides is 2. The Morgan fingerprint density at radius 3 is 2.33 bits per heavy atom. The van der Waals surface area contributed by atoms with Crippen LogP contribution in [-0.4, -0.2) is 65.2 Å². The number of methoxy groups -OCH3 is 2. The average molecular weight is 482 g/mol. The van der Waals surface area contributed by atoms with Gasteiger partial charge in [-0.05, 0) is 25.1 Å². The van der Waals surface area contributed by atoms with Crippen molar-refractivity contribution in [3.05, 3.63) is 53.8 Å². The molecule has 0 heterocycles. The number of anilines is 1. The Bertz CT molecular complexity index is 1110. The molecule has 0 fully saturated rings. The van der Waals surface area contributed by atoms with Gasteiger partial charge >= 0.3 is 0 Å². The lowest BCUT2D eigenvalue weighted by Crippen LogP contribution is -2.50. The molecule has 9 nitrogen and oxygen atoms in total. The van der Waals surface area contributed by atoms with Crippen molar-refractivity contribution in [2.75, 3.05) is 38.4 Å². The number of carbonyl (C=O) groups is 2. The number of sulfonamides is 1. The van der Waals surface area contributed by atoms with Gasteiger partial charge in [-0.25, -0.2) is 12.8 Å². The average Bonchev–Trinajstić information content (AvgIpc) is 2.79. The number of halogens is 1. The number of benzene rings is 2. The molecule has 2 rings (SSSR count). The van der Waals surface area contributed by atoms with Crippen LogP contribution in [-0.2, 0) is 26.2 Å². The standard InChI is InChI=1S/C22H28FN3O6S/c1-15(22(28)24-2)25(13-16-8-6-7-9-18(16)23)21(27)14-26(33(5,29)30)19-12-17(31-3)10-11-20(19)32-4/h6-12,15H,13-14H2,1-5H3,(H,24,28). The number of rotatable bonds is 10. The minimum Gasteiger partial charge on any atom is -0.497 e. The second kappa shape index (κ2) is 11.0. The van der Waals surface area contributed by atoms with Gasteiger partial charge in [0.05, 0.1) is 26.2 Å². The molecule has 1 N–H and O–H groups in total. The molecule has 1 atom stereocenters. The minimum absolute atomic E-state index is 0.0890. The number of nitrogens with one attached hydrogen (secondary N) is 1. The maximum atomic E-state index is 14.3. The van der Waals surface area contributed by atoms with Crippen molar-refractivity contribution >= 4 is 27.5 Å². The monoisotopic (exact) mass is 481 g/mol. The van der Waals surface area contributed by atoms with Crippen LogP contribution in [0.15, 0.2) is 42.5 Å². The molecular formula is C22H28FN3O6S. The van der Waals surface area contributed by atoms with Gasteiger partial charge in [-0.2, -0.15) is 0 Å². The number of hydrogen-bond donors (Lipinski definition) is 1. The predicted octanol–water partition coefficient (Wildman–Crippen LogP) is 1.77. The van der Waals surface area contributed by atoms with Crippen molar-refractivity contribution in [1.82, 2.24) is 10.2 Å². The van der Waals surface area contributed by atoms with E-state index >= 15 is 0 Å². The highest BCUT2D eigenvalue weighted by Crippen LogP contribution is 2.34. The van der Waals surface area contributed by atoms with E-state index in [1.54, 1.807) is 12.1 Å². The fourth-order valence-corrected chi connectivity index (χ4v) is 4.03. The van der Waals surface area contributed by atoms with Crippen LogP contribution >= 0.6 is 0 Å². The molecule has 11 heteroatoms. The molecule has 2 aromatic rings. The molecular weight excluding hydrogens is 453 g/mol. The molecule has 0 bridgehead atoms. The number of likely N-dealkylation sites (N-methyl/N-ethyl adjacent to an activating group) is 1. The Morgan fingerprint density at radius 2 is 1.79 bits per heavy atom. The van der Waals surface area contributed by atoms with Crippen molar-refractivity contribution in [2.45, 2.75) is 19.5 Å². The van der Waals surface area contributed by atoms with Crippen molar-refractivity contribution in [2.24, 2.45) is 0 Å². The smallest absolute Gasteiger partial charge is 0.244 e. The molecule has 2 amide bonds. The Kier molecular flexibility index (Phi) is 8.63. The Hall–Kier alpha value is -3.34. The Labute approximate surface area is 193 Å². The van der Waals surface area contributed by atoms with Crippen LogP contribution in [0.5, 0.6) is 11.5 Å². The fourth-order valence-electron chi connectivity index (χ4n) is 3.19. The number of carbonyl (C=O) groups excluding carboxylic acids is 2. The lowest BCUT2D eigenvalue weighted by atomic mass is 10.1. The van der Waals surface area contributed by atoms with E-state index in [2.05, 4.69) is 5.32 Å². The summed E-state index contributed by atoms with van der Waals surface area (Å²) in [5.74, 6) is -1.18. The highest BCUT2D eigenvalue weighted by molar-refractivity contribution is 7.92. The van der Waals surface area contributed by atoms with Gasteiger partial charge in [0.15, 0.2) is 0 Å². The lowest BCUT2D eigenvalue weighted by molar-refractivity contribution is -0.139. The van der Waals surface area contributed by atoms with E-state index in [1.165, 1.54) is 58.5 Å². The van der Waals surface area contributed by atoms with Crippen LogP contribution in [0.25, 0.3) is 0 Å². The van der Waals surface area contributed by atoms with E-state index in [0.29, 0.717) is 5.75 Å². The molecule has 0 aromatic heterocycles. The Morgan fingerprint density at radius 1 is 1.12 bits per heavy atom. The molecule has 33 heavy (non-hydrogen) atoms. The SMILES string of the molecule is CNC(=O)C(C)N(Cc1ccccc1F)C(=O)CN(c1cc(OC)ccc1OC)S(C)(=O)=O. The topological polar surface area (TPSA) is 105 Å². The summed E-state index contributed by atoms with van der Waals surface area (Å²) in [4.78, 5) is 26.8. The van der Waals surface area contributed by atoms with Crippen molar-refractivity contribution in [1.29, 1.82) is 0 Å². The van der Waals surface area contributed by atoms with Crippen molar-refractivity contribution in [3.63, 3.8) is 0 Å². The van der Waals surface area contributed by atoms with Crippen molar-refractivity contribution in [3.8, 4) is 11.5 Å². The molecule has 0 saturated carbocycles. The molecule has 1 unspecified atom stereocenters. The van der Waals surface area contributed by atoms with Crippen LogP contribution in [0.3, 0.4) is 0 Å². The number of ether oxygens (including phenoxy) is 2. The summed E-state index contributed by atoms with van der Waals surface area (Å²) in [5.41, 5.74) is 0.276. The van der Waals surface area contributed by atoms with Gasteiger partial charge < -0.3 is 19.7 Å². The normalized spacial score (nSPS) is 11.9. The third-order valence-corrected chi connectivity index (χ3v) is 6.17. The lowest BCUT2D eigenvalue weighted by Gasteiger charge is -2.31. The van der Waals surface area contributed by atoms with Gasteiger partial charge in [-0.15, -0.1) is 0 Å². The number of nitrogens with zero attached hydrogens (tertiary/aromatic N) is 2. The minimum atomic E-state index is -3.96. The molecule has 180 valence electrons. The predicted molar refractivity (Wildman–Crippen MR) is 122 cm³/mol. The van der Waals surface area contributed by atoms with Gasteiger partial charge in [-0.1, -0.05) is 18.2 Å². The van der Waals surface area contributed by atoms with E-state index in [-0.39, 0.29) is 23.5 Å². The van der Waals surface area contributed by atoms with E-state index in [0.717, 1.165) is 15.5 Å². The summed E-state index contributed by atoms with van der Waals surface area (Å²) in [6.45, 7) is 0.611. The zero-order chi connectivity index (χ0) is 24.8. The first-order valence-electron chi connectivity index (χ1n) is 9.97. The molecule has 0 aliphatic carbocycles. The second-order valence-electron chi connectivity index (χ2n) is 7.21. The maximum absolute atomic E-state index is 14.3. The van der Waals surface area contributed by atoms with E-state index in [4.69, 9.17) is 9.47 Å². The Balaban J connectivity index is 2.49. The van der Waals surface area contributed by atoms with Crippen LogP contribution in [0, 0.1) is 5.82 Å². The maximum Gasteiger partial charge on any atom is 0.244 e. The molecule has 0 aliphatic rings. The third-order valence-electron chi connectivity index (χ3n) is 5.05. The summed E-state index contributed by atoms with van der Waals surface area (Å²) >= 11 is 0. The first-order valence-corrected chi connectivity index (χ1v) is 11.8. The van der Waals surface area contributed by atoms with Gasteiger partial charge in [0.1, 0.15) is 29.9 Å². The summed E-state index contributed by atoms with van der Waals surface area (Å²) in [5, 5.41) is 2.45. The molecule has 0 radical (unpaired) electrons. The van der Waals surface area contributed by atoms with Crippen molar-refractivity contribution < 1.29 is 31.9 Å². The largest absolute Gasteiger partial charge is 0.497 e. The van der Waals surface area contributed by atoms with Crippen LogP contribution in [0.2, 0.25) is 0 Å². The fraction of sp³-hybridized carbons (Fsp3) is 0.364. The van der Waals surface area contributed by atoms with E-state index < -0.39 is 40.2 Å². The molecule has 0 spiro atoms. The van der Waals surface area contributed by atoms with Crippen LogP contribution in [0.4, 0.5) is 10.1 Å². The third kappa shape index (κ3) is 6.35. The molecule has 0 aliphatic heterocycles. The summed E-state index contributed by atoms with van der Waals surface area (Å²) < 4.78 is 50.9. The summed E-state index contributed by atoms with van der Waals surface area (Å²) in [6, 6.07) is 9.39.